The number of amides is 1. The number of hydrogen-bond acceptors (Lipinski definition) is 3. The van der Waals surface area contributed by atoms with Crippen molar-refractivity contribution in [3.05, 3.63) is 76.1 Å². The van der Waals surface area contributed by atoms with Gasteiger partial charge in [-0.05, 0) is 35.7 Å². The predicted octanol–water partition coefficient (Wildman–Crippen LogP) is 2.57. The number of pyridine rings is 1. The molecular formula is C21H22N2O3. The third kappa shape index (κ3) is 3.53. The highest BCUT2D eigenvalue weighted by Crippen LogP contribution is 2.23. The quantitative estimate of drug-likeness (QED) is 0.769. The summed E-state index contributed by atoms with van der Waals surface area (Å²) >= 11 is 0. The first-order chi connectivity index (χ1) is 12.5. The van der Waals surface area contributed by atoms with Crippen molar-refractivity contribution >= 4 is 22.5 Å². The zero-order chi connectivity index (χ0) is 18.7. The number of nitrogens with zero attached hydrogens (tertiary/aromatic N) is 2. The van der Waals surface area contributed by atoms with Gasteiger partial charge in [0.15, 0.2) is 5.43 Å². The molecule has 0 aliphatic heterocycles. The molecule has 134 valence electrons. The SMILES string of the molecule is CC(=O)N(C)c1ccccc1Cc1ccc2c(c1)c(=O)ccn2CCO. The fraction of sp³-hybridized carbons (Fsp3) is 0.238. The van der Waals surface area contributed by atoms with Crippen molar-refractivity contribution in [2.75, 3.05) is 18.6 Å². The zero-order valence-electron chi connectivity index (χ0n) is 15.0. The molecule has 3 rings (SSSR count). The van der Waals surface area contributed by atoms with Gasteiger partial charge >= 0.3 is 0 Å². The summed E-state index contributed by atoms with van der Waals surface area (Å²) in [7, 11) is 1.76. The molecule has 0 saturated carbocycles. The molecule has 0 aliphatic carbocycles. The molecule has 1 heterocycles. The van der Waals surface area contributed by atoms with Crippen LogP contribution in [-0.4, -0.2) is 29.2 Å². The van der Waals surface area contributed by atoms with Crippen LogP contribution in [-0.2, 0) is 17.8 Å². The van der Waals surface area contributed by atoms with Gasteiger partial charge in [-0.15, -0.1) is 0 Å². The van der Waals surface area contributed by atoms with E-state index in [2.05, 4.69) is 0 Å². The number of carbonyl (C=O) groups is 1. The van der Waals surface area contributed by atoms with Crippen LogP contribution in [0.3, 0.4) is 0 Å². The van der Waals surface area contributed by atoms with Crippen molar-refractivity contribution in [3.8, 4) is 0 Å². The Morgan fingerprint density at radius 2 is 1.92 bits per heavy atom. The summed E-state index contributed by atoms with van der Waals surface area (Å²) in [5.74, 6) is -0.0251. The number of fused-ring (bicyclic) bond motifs is 1. The highest BCUT2D eigenvalue weighted by molar-refractivity contribution is 5.91. The van der Waals surface area contributed by atoms with Gasteiger partial charge in [0.2, 0.25) is 5.91 Å². The molecule has 0 bridgehead atoms. The summed E-state index contributed by atoms with van der Waals surface area (Å²) in [4.78, 5) is 25.6. The Hall–Kier alpha value is -2.92. The number of rotatable bonds is 5. The molecule has 0 fully saturated rings. The molecule has 0 aliphatic rings. The Bertz CT molecular complexity index is 1010. The van der Waals surface area contributed by atoms with Gasteiger partial charge in [-0.25, -0.2) is 0 Å². The second-order valence-corrected chi connectivity index (χ2v) is 6.33. The van der Waals surface area contributed by atoms with Gasteiger partial charge in [0, 0.05) is 43.9 Å². The minimum atomic E-state index is -0.0369. The number of aliphatic hydroxyl groups is 1. The maximum Gasteiger partial charge on any atom is 0.223 e. The monoisotopic (exact) mass is 350 g/mol. The molecule has 1 amide bonds. The molecule has 5 nitrogen and oxygen atoms in total. The number of hydrogen-bond donors (Lipinski definition) is 1. The van der Waals surface area contributed by atoms with E-state index in [1.807, 2.05) is 47.0 Å². The Balaban J connectivity index is 2.02. The summed E-state index contributed by atoms with van der Waals surface area (Å²) in [6.07, 6.45) is 2.33. The van der Waals surface area contributed by atoms with Crippen molar-refractivity contribution in [2.45, 2.75) is 19.9 Å². The van der Waals surface area contributed by atoms with Gasteiger partial charge in [-0.1, -0.05) is 24.3 Å². The lowest BCUT2D eigenvalue weighted by Crippen LogP contribution is -2.24. The standard InChI is InChI=1S/C21H22N2O3/c1-15(25)22(2)19-6-4-3-5-17(19)13-16-7-8-20-18(14-16)21(26)9-10-23(20)11-12-24/h3-10,14,24H,11-13H2,1-2H3. The smallest absolute Gasteiger partial charge is 0.223 e. The summed E-state index contributed by atoms with van der Waals surface area (Å²) in [5.41, 5.74) is 3.66. The van der Waals surface area contributed by atoms with E-state index in [9.17, 15) is 14.7 Å². The van der Waals surface area contributed by atoms with Crippen LogP contribution < -0.4 is 10.3 Å². The number of carbonyl (C=O) groups excluding carboxylic acids is 1. The van der Waals surface area contributed by atoms with Gasteiger partial charge in [0.05, 0.1) is 12.1 Å². The highest BCUT2D eigenvalue weighted by atomic mass is 16.3. The summed E-state index contributed by atoms with van der Waals surface area (Å²) < 4.78 is 1.87. The van der Waals surface area contributed by atoms with E-state index < -0.39 is 0 Å². The average Bonchev–Trinajstić information content (AvgIpc) is 2.64. The van der Waals surface area contributed by atoms with Crippen LogP contribution >= 0.6 is 0 Å². The van der Waals surface area contributed by atoms with Crippen molar-refractivity contribution in [1.29, 1.82) is 0 Å². The third-order valence-corrected chi connectivity index (χ3v) is 4.60. The number of para-hydroxylation sites is 1. The molecule has 5 heteroatoms. The molecule has 26 heavy (non-hydrogen) atoms. The molecular weight excluding hydrogens is 328 g/mol. The first kappa shape index (κ1) is 17.9. The van der Waals surface area contributed by atoms with Crippen molar-refractivity contribution in [2.24, 2.45) is 0 Å². The van der Waals surface area contributed by atoms with E-state index in [1.54, 1.807) is 18.1 Å². The fourth-order valence-electron chi connectivity index (χ4n) is 3.15. The van der Waals surface area contributed by atoms with E-state index in [1.165, 1.54) is 13.0 Å². The number of aromatic nitrogens is 1. The van der Waals surface area contributed by atoms with E-state index in [0.29, 0.717) is 18.4 Å². The number of anilines is 1. The molecule has 0 spiro atoms. The Morgan fingerprint density at radius 1 is 1.15 bits per heavy atom. The van der Waals surface area contributed by atoms with Crippen LogP contribution in [0.5, 0.6) is 0 Å². The van der Waals surface area contributed by atoms with E-state index in [-0.39, 0.29) is 17.9 Å². The summed E-state index contributed by atoms with van der Waals surface area (Å²) in [5, 5.41) is 9.83. The van der Waals surface area contributed by atoms with E-state index in [4.69, 9.17) is 0 Å². The molecule has 0 atom stereocenters. The molecule has 0 unspecified atom stereocenters. The normalized spacial score (nSPS) is 10.9. The van der Waals surface area contributed by atoms with Gasteiger partial charge in [-0.2, -0.15) is 0 Å². The van der Waals surface area contributed by atoms with Crippen LogP contribution in [0.15, 0.2) is 59.5 Å². The summed E-state index contributed by atoms with van der Waals surface area (Å²) in [6.45, 7) is 2.00. The van der Waals surface area contributed by atoms with Gasteiger partial charge in [-0.3, -0.25) is 9.59 Å². The molecule has 2 aromatic carbocycles. The van der Waals surface area contributed by atoms with Crippen LogP contribution in [0.1, 0.15) is 18.1 Å². The van der Waals surface area contributed by atoms with Gasteiger partial charge in [0.25, 0.3) is 0 Å². The van der Waals surface area contributed by atoms with E-state index in [0.717, 1.165) is 22.3 Å². The van der Waals surface area contributed by atoms with Gasteiger partial charge < -0.3 is 14.6 Å². The maximum absolute atomic E-state index is 12.3. The topological polar surface area (TPSA) is 62.5 Å². The summed E-state index contributed by atoms with van der Waals surface area (Å²) in [6, 6.07) is 15.1. The largest absolute Gasteiger partial charge is 0.395 e. The van der Waals surface area contributed by atoms with Crippen molar-refractivity contribution in [1.82, 2.24) is 4.57 Å². The number of aliphatic hydroxyl groups excluding tert-OH is 1. The fourth-order valence-corrected chi connectivity index (χ4v) is 3.15. The minimum Gasteiger partial charge on any atom is -0.395 e. The molecule has 1 aromatic heterocycles. The van der Waals surface area contributed by atoms with Gasteiger partial charge in [0.1, 0.15) is 0 Å². The second-order valence-electron chi connectivity index (χ2n) is 6.33. The predicted molar refractivity (Wildman–Crippen MR) is 104 cm³/mol. The molecule has 3 aromatic rings. The van der Waals surface area contributed by atoms with Crippen molar-refractivity contribution < 1.29 is 9.90 Å². The lowest BCUT2D eigenvalue weighted by Gasteiger charge is -2.19. The molecule has 0 radical (unpaired) electrons. The Morgan fingerprint density at radius 3 is 2.65 bits per heavy atom. The molecule has 1 N–H and O–H groups in total. The zero-order valence-corrected chi connectivity index (χ0v) is 15.0. The average molecular weight is 350 g/mol. The Kier molecular flexibility index (Phi) is 5.19. The van der Waals surface area contributed by atoms with E-state index >= 15 is 0 Å². The van der Waals surface area contributed by atoms with Crippen LogP contribution in [0.2, 0.25) is 0 Å². The third-order valence-electron chi connectivity index (χ3n) is 4.60. The van der Waals surface area contributed by atoms with Crippen LogP contribution in [0, 0.1) is 0 Å². The first-order valence-electron chi connectivity index (χ1n) is 8.56. The van der Waals surface area contributed by atoms with Crippen LogP contribution in [0.25, 0.3) is 10.9 Å². The highest BCUT2D eigenvalue weighted by Gasteiger charge is 2.11. The second kappa shape index (κ2) is 7.54. The van der Waals surface area contributed by atoms with Crippen molar-refractivity contribution in [3.63, 3.8) is 0 Å². The maximum atomic E-state index is 12.3. The minimum absolute atomic E-state index is 0.0183. The Labute approximate surface area is 152 Å². The number of benzene rings is 2. The molecule has 0 saturated heterocycles. The first-order valence-corrected chi connectivity index (χ1v) is 8.56. The lowest BCUT2D eigenvalue weighted by atomic mass is 10.0. The van der Waals surface area contributed by atoms with Crippen LogP contribution in [0.4, 0.5) is 5.69 Å². The lowest BCUT2D eigenvalue weighted by molar-refractivity contribution is -0.116.